The summed E-state index contributed by atoms with van der Waals surface area (Å²) >= 11 is 2.27. The molecule has 0 aliphatic rings. The summed E-state index contributed by atoms with van der Waals surface area (Å²) in [6.45, 7) is 0. The lowest BCUT2D eigenvalue weighted by Crippen LogP contribution is -1.91. The number of hydrogen-bond donors (Lipinski definition) is 0. The molecule has 0 aliphatic carbocycles. The van der Waals surface area contributed by atoms with Gasteiger partial charge in [0, 0.05) is 27.6 Å². The molecule has 0 radical (unpaired) electrons. The van der Waals surface area contributed by atoms with Crippen molar-refractivity contribution in [3.05, 3.63) is 52.0 Å². The second-order valence-corrected chi connectivity index (χ2v) is 5.04. The van der Waals surface area contributed by atoms with E-state index in [1.807, 2.05) is 30.5 Å². The zero-order valence-electron chi connectivity index (χ0n) is 9.21. The van der Waals surface area contributed by atoms with Crippen molar-refractivity contribution in [3.63, 3.8) is 0 Å². The van der Waals surface area contributed by atoms with Crippen molar-refractivity contribution in [2.24, 2.45) is 0 Å². The van der Waals surface area contributed by atoms with Crippen molar-refractivity contribution in [1.82, 2.24) is 14.6 Å². The molecule has 0 amide bonds. The Morgan fingerprint density at radius 2 is 2.11 bits per heavy atom. The zero-order chi connectivity index (χ0) is 12.5. The topological polar surface area (TPSA) is 54.0 Å². The molecule has 0 saturated heterocycles. The summed E-state index contributed by atoms with van der Waals surface area (Å²) in [6, 6.07) is 11.8. The highest BCUT2D eigenvalue weighted by Crippen LogP contribution is 2.20. The van der Waals surface area contributed by atoms with E-state index in [0.29, 0.717) is 11.3 Å². The van der Waals surface area contributed by atoms with Gasteiger partial charge in [-0.15, -0.1) is 0 Å². The minimum Gasteiger partial charge on any atom is -0.236 e. The van der Waals surface area contributed by atoms with Crippen molar-refractivity contribution < 1.29 is 0 Å². The molecule has 4 nitrogen and oxygen atoms in total. The molecule has 5 heteroatoms. The van der Waals surface area contributed by atoms with Crippen molar-refractivity contribution in [3.8, 4) is 17.2 Å². The van der Waals surface area contributed by atoms with E-state index in [1.54, 1.807) is 16.8 Å². The van der Waals surface area contributed by atoms with E-state index in [-0.39, 0.29) is 0 Å². The zero-order valence-corrected chi connectivity index (χ0v) is 11.4. The molecule has 0 fully saturated rings. The molecule has 1 aromatic carbocycles. The predicted molar refractivity (Wildman–Crippen MR) is 75.9 cm³/mol. The fraction of sp³-hybridized carbons (Fsp3) is 0. The Hall–Kier alpha value is -1.94. The number of hydrogen-bond acceptors (Lipinski definition) is 3. The Bertz CT molecular complexity index is 770. The van der Waals surface area contributed by atoms with E-state index < -0.39 is 0 Å². The fourth-order valence-corrected chi connectivity index (χ4v) is 2.29. The largest absolute Gasteiger partial charge is 0.236 e. The maximum atomic E-state index is 8.81. The van der Waals surface area contributed by atoms with Crippen LogP contribution in [0.25, 0.3) is 16.8 Å². The first-order chi connectivity index (χ1) is 8.76. The first-order valence-electron chi connectivity index (χ1n) is 5.28. The van der Waals surface area contributed by atoms with Gasteiger partial charge in [-0.05, 0) is 40.3 Å². The maximum absolute atomic E-state index is 8.81. The van der Waals surface area contributed by atoms with Gasteiger partial charge in [-0.2, -0.15) is 10.4 Å². The summed E-state index contributed by atoms with van der Waals surface area (Å²) in [6.07, 6.45) is 3.68. The van der Waals surface area contributed by atoms with Gasteiger partial charge in [0.2, 0.25) is 0 Å². The normalized spacial score (nSPS) is 10.4. The highest BCUT2D eigenvalue weighted by atomic mass is 127. The number of aromatic nitrogens is 3. The van der Waals surface area contributed by atoms with Gasteiger partial charge < -0.3 is 0 Å². The van der Waals surface area contributed by atoms with Gasteiger partial charge in [-0.3, -0.25) is 0 Å². The third kappa shape index (κ3) is 1.95. The highest BCUT2D eigenvalue weighted by molar-refractivity contribution is 14.1. The minimum atomic E-state index is 0.377. The average molecular weight is 346 g/mol. The molecule has 2 aromatic heterocycles. The molecule has 0 spiro atoms. The van der Waals surface area contributed by atoms with Crippen LogP contribution in [0.3, 0.4) is 0 Å². The van der Waals surface area contributed by atoms with Gasteiger partial charge in [0.1, 0.15) is 6.07 Å². The lowest BCUT2D eigenvalue weighted by Gasteiger charge is -2.02. The van der Waals surface area contributed by atoms with Crippen LogP contribution in [0.1, 0.15) is 5.69 Å². The van der Waals surface area contributed by atoms with E-state index in [9.17, 15) is 0 Å². The summed E-state index contributed by atoms with van der Waals surface area (Å²) in [5.41, 5.74) is 3.13. The third-order valence-corrected chi connectivity index (χ3v) is 3.26. The maximum Gasteiger partial charge on any atom is 0.165 e. The summed E-state index contributed by atoms with van der Waals surface area (Å²) < 4.78 is 2.80. The minimum absolute atomic E-state index is 0.377. The number of nitrogens with zero attached hydrogens (tertiary/aromatic N) is 4. The standard InChI is InChI=1S/C13H7IN4/c14-11-3-1-2-9(4-11)10-7-16-13-5-12(6-15)17-18(13)8-10/h1-5,7-8H. The number of fused-ring (bicyclic) bond motifs is 1. The Morgan fingerprint density at radius 1 is 1.22 bits per heavy atom. The van der Waals surface area contributed by atoms with Gasteiger partial charge >= 0.3 is 0 Å². The number of rotatable bonds is 1. The molecular formula is C13H7IN4. The van der Waals surface area contributed by atoms with E-state index in [0.717, 1.165) is 11.1 Å². The summed E-state index contributed by atoms with van der Waals surface area (Å²) in [7, 11) is 0. The first-order valence-corrected chi connectivity index (χ1v) is 6.35. The van der Waals surface area contributed by atoms with Crippen molar-refractivity contribution in [2.75, 3.05) is 0 Å². The van der Waals surface area contributed by atoms with Crippen molar-refractivity contribution in [2.45, 2.75) is 0 Å². The number of benzene rings is 1. The Morgan fingerprint density at radius 3 is 2.89 bits per heavy atom. The highest BCUT2D eigenvalue weighted by Gasteiger charge is 2.04. The summed E-state index contributed by atoms with van der Waals surface area (Å²) in [5.74, 6) is 0. The Kier molecular flexibility index (Phi) is 2.72. The smallest absolute Gasteiger partial charge is 0.165 e. The van der Waals surface area contributed by atoms with Gasteiger partial charge in [0.15, 0.2) is 11.3 Å². The number of halogens is 1. The van der Waals surface area contributed by atoms with Crippen LogP contribution in [0.5, 0.6) is 0 Å². The van der Waals surface area contributed by atoms with Crippen molar-refractivity contribution >= 4 is 28.2 Å². The van der Waals surface area contributed by atoms with Crippen LogP contribution in [0, 0.1) is 14.9 Å². The molecule has 3 rings (SSSR count). The molecule has 2 heterocycles. The Balaban J connectivity index is 2.16. The lowest BCUT2D eigenvalue weighted by molar-refractivity contribution is 0.932. The van der Waals surface area contributed by atoms with Gasteiger partial charge in [0.25, 0.3) is 0 Å². The van der Waals surface area contributed by atoms with E-state index in [1.165, 1.54) is 3.57 Å². The van der Waals surface area contributed by atoms with Gasteiger partial charge in [0.05, 0.1) is 0 Å². The van der Waals surface area contributed by atoms with E-state index >= 15 is 0 Å². The lowest BCUT2D eigenvalue weighted by atomic mass is 10.1. The van der Waals surface area contributed by atoms with E-state index in [2.05, 4.69) is 38.7 Å². The first kappa shape index (κ1) is 11.2. The fourth-order valence-electron chi connectivity index (χ4n) is 1.75. The van der Waals surface area contributed by atoms with Crippen LogP contribution in [-0.4, -0.2) is 14.6 Å². The molecule has 0 aliphatic heterocycles. The van der Waals surface area contributed by atoms with Crippen LogP contribution in [0.2, 0.25) is 0 Å². The SMILES string of the molecule is N#Cc1cc2ncc(-c3cccc(I)c3)cn2n1. The van der Waals surface area contributed by atoms with Crippen molar-refractivity contribution in [1.29, 1.82) is 5.26 Å². The molecule has 0 N–H and O–H groups in total. The van der Waals surface area contributed by atoms with Crippen LogP contribution in [0.15, 0.2) is 42.7 Å². The number of nitriles is 1. The molecule has 0 unspecified atom stereocenters. The van der Waals surface area contributed by atoms with Gasteiger partial charge in [-0.1, -0.05) is 12.1 Å². The van der Waals surface area contributed by atoms with Crippen LogP contribution in [-0.2, 0) is 0 Å². The second-order valence-electron chi connectivity index (χ2n) is 3.80. The average Bonchev–Trinajstić information content (AvgIpc) is 2.80. The summed E-state index contributed by atoms with van der Waals surface area (Å²) in [5, 5.41) is 12.9. The summed E-state index contributed by atoms with van der Waals surface area (Å²) in [4.78, 5) is 4.30. The third-order valence-electron chi connectivity index (χ3n) is 2.59. The molecule has 3 aromatic rings. The monoisotopic (exact) mass is 346 g/mol. The van der Waals surface area contributed by atoms with Crippen LogP contribution < -0.4 is 0 Å². The molecule has 86 valence electrons. The molecular weight excluding hydrogens is 339 g/mol. The molecule has 0 bridgehead atoms. The van der Waals surface area contributed by atoms with E-state index in [4.69, 9.17) is 5.26 Å². The van der Waals surface area contributed by atoms with Gasteiger partial charge in [-0.25, -0.2) is 9.50 Å². The second kappa shape index (κ2) is 4.38. The quantitative estimate of drug-likeness (QED) is 0.637. The molecule has 0 atom stereocenters. The molecule has 0 saturated carbocycles. The molecule has 18 heavy (non-hydrogen) atoms. The predicted octanol–water partition coefficient (Wildman–Crippen LogP) is 2.87. The van der Waals surface area contributed by atoms with Crippen LogP contribution >= 0.6 is 22.6 Å². The van der Waals surface area contributed by atoms with Crippen LogP contribution in [0.4, 0.5) is 0 Å². The Labute approximate surface area is 117 Å².